The van der Waals surface area contributed by atoms with Crippen molar-refractivity contribution in [1.82, 2.24) is 20.4 Å². The number of nitrogens with one attached hydrogen (secondary N) is 2. The van der Waals surface area contributed by atoms with Crippen LogP contribution in [-0.4, -0.2) is 32.8 Å². The Labute approximate surface area is 116 Å². The molecule has 106 valence electrons. The van der Waals surface area contributed by atoms with Gasteiger partial charge in [-0.15, -0.1) is 0 Å². The zero-order chi connectivity index (χ0) is 15.0. The van der Waals surface area contributed by atoms with Gasteiger partial charge < -0.3 is 9.72 Å². The van der Waals surface area contributed by atoms with Gasteiger partial charge in [-0.05, 0) is 19.1 Å². The fourth-order valence-corrected chi connectivity index (χ4v) is 1.96. The Balaban J connectivity index is 2.27. The van der Waals surface area contributed by atoms with Gasteiger partial charge in [-0.25, -0.2) is 0 Å². The van der Waals surface area contributed by atoms with E-state index >= 15 is 0 Å². The van der Waals surface area contributed by atoms with Crippen LogP contribution in [0.2, 0.25) is 0 Å². The van der Waals surface area contributed by atoms with Crippen LogP contribution in [0.5, 0.6) is 5.75 Å². The van der Waals surface area contributed by atoms with E-state index in [4.69, 9.17) is 4.74 Å². The van der Waals surface area contributed by atoms with Crippen LogP contribution in [-0.2, 0) is 4.79 Å². The molecule has 0 aliphatic rings. The minimum Gasteiger partial charge on any atom is -0.486 e. The molecule has 0 aliphatic carbocycles. The van der Waals surface area contributed by atoms with Gasteiger partial charge in [0.25, 0.3) is 5.56 Å². The highest BCUT2D eigenvalue weighted by molar-refractivity contribution is 5.87. The Bertz CT molecular complexity index is 973. The van der Waals surface area contributed by atoms with E-state index in [1.54, 1.807) is 6.07 Å². The summed E-state index contributed by atoms with van der Waals surface area (Å²) < 4.78 is 5.25. The summed E-state index contributed by atoms with van der Waals surface area (Å²) in [6.07, 6.45) is 0. The van der Waals surface area contributed by atoms with Crippen molar-refractivity contribution in [3.05, 3.63) is 38.8 Å². The molecule has 21 heavy (non-hydrogen) atoms. The summed E-state index contributed by atoms with van der Waals surface area (Å²) in [5.41, 5.74) is -0.725. The van der Waals surface area contributed by atoms with Crippen molar-refractivity contribution in [2.24, 2.45) is 0 Å². The number of nitrogens with zero attached hydrogens (tertiary/aromatic N) is 2. The first-order chi connectivity index (χ1) is 10.1. The molecule has 0 bridgehead atoms. The van der Waals surface area contributed by atoms with Gasteiger partial charge in [-0.1, -0.05) is 0 Å². The second kappa shape index (κ2) is 4.82. The van der Waals surface area contributed by atoms with Crippen LogP contribution in [0, 0.1) is 0 Å². The zero-order valence-corrected chi connectivity index (χ0v) is 11.0. The maximum absolute atomic E-state index is 12.3. The number of carbonyl (C=O) groups is 1. The Morgan fingerprint density at radius 1 is 1.24 bits per heavy atom. The van der Waals surface area contributed by atoms with Crippen LogP contribution < -0.4 is 15.7 Å². The van der Waals surface area contributed by atoms with E-state index in [0.29, 0.717) is 11.3 Å². The quantitative estimate of drug-likeness (QED) is 0.706. The van der Waals surface area contributed by atoms with E-state index in [2.05, 4.69) is 20.4 Å². The number of benzene rings is 1. The number of hydrogen-bond donors (Lipinski definition) is 2. The van der Waals surface area contributed by atoms with Crippen molar-refractivity contribution in [1.29, 1.82) is 0 Å². The highest BCUT2D eigenvalue weighted by Crippen LogP contribution is 2.16. The van der Waals surface area contributed by atoms with Crippen molar-refractivity contribution in [3.8, 4) is 5.75 Å². The van der Waals surface area contributed by atoms with E-state index in [1.165, 1.54) is 19.1 Å². The van der Waals surface area contributed by atoms with Crippen LogP contribution in [0.3, 0.4) is 0 Å². The second-order valence-electron chi connectivity index (χ2n) is 4.50. The average molecular weight is 286 g/mol. The number of hydrogen-bond acceptors (Lipinski definition) is 6. The first-order valence-corrected chi connectivity index (χ1v) is 6.09. The molecule has 0 amide bonds. The molecule has 3 aromatic rings. The normalized spacial score (nSPS) is 10.9. The number of fused-ring (bicyclic) bond motifs is 2. The van der Waals surface area contributed by atoms with Gasteiger partial charge in [-0.3, -0.25) is 14.4 Å². The molecule has 0 aliphatic heterocycles. The van der Waals surface area contributed by atoms with Crippen LogP contribution in [0.1, 0.15) is 6.92 Å². The Hall–Kier alpha value is -3.03. The highest BCUT2D eigenvalue weighted by atomic mass is 16.5. The van der Waals surface area contributed by atoms with E-state index in [9.17, 15) is 14.4 Å². The molecule has 0 atom stereocenters. The minimum absolute atomic E-state index is 0.0244. The summed E-state index contributed by atoms with van der Waals surface area (Å²) in [5.74, 6) is 0.250. The van der Waals surface area contributed by atoms with E-state index in [1.807, 2.05) is 0 Å². The molecule has 2 aromatic heterocycles. The number of ether oxygens (including phenoxy) is 1. The van der Waals surface area contributed by atoms with Crippen molar-refractivity contribution < 1.29 is 9.53 Å². The number of Topliss-reactive ketones (excluding diaryl/α,β-unsaturated/α-hetero) is 1. The summed E-state index contributed by atoms with van der Waals surface area (Å²) >= 11 is 0. The molecule has 0 spiro atoms. The smallest absolute Gasteiger partial charge is 0.278 e. The van der Waals surface area contributed by atoms with Gasteiger partial charge in [0.15, 0.2) is 16.8 Å². The fourth-order valence-electron chi connectivity index (χ4n) is 1.96. The standard InChI is InChI=1S/C13H10N4O4/c1-6(18)5-21-7-2-3-8-9(4-7)14-13(20)11-10(12(8)19)15-17-16-11/h2-4H,5H2,1H3,(H,14,20)(H,15,16,17). The molecule has 0 saturated heterocycles. The van der Waals surface area contributed by atoms with E-state index in [-0.39, 0.29) is 28.8 Å². The Kier molecular flexibility index (Phi) is 2.98. The maximum atomic E-state index is 12.3. The second-order valence-corrected chi connectivity index (χ2v) is 4.50. The molecule has 0 unspecified atom stereocenters. The lowest BCUT2D eigenvalue weighted by atomic mass is 10.2. The van der Waals surface area contributed by atoms with Crippen LogP contribution in [0.4, 0.5) is 0 Å². The first-order valence-electron chi connectivity index (χ1n) is 6.09. The van der Waals surface area contributed by atoms with Crippen LogP contribution in [0.15, 0.2) is 27.8 Å². The van der Waals surface area contributed by atoms with Crippen LogP contribution in [0.25, 0.3) is 21.9 Å². The molecule has 8 nitrogen and oxygen atoms in total. The van der Waals surface area contributed by atoms with E-state index in [0.717, 1.165) is 0 Å². The third-order valence-electron chi connectivity index (χ3n) is 2.90. The van der Waals surface area contributed by atoms with Gasteiger partial charge in [0.1, 0.15) is 12.4 Å². The highest BCUT2D eigenvalue weighted by Gasteiger charge is 2.10. The molecule has 0 radical (unpaired) electrons. The summed E-state index contributed by atoms with van der Waals surface area (Å²) in [6.45, 7) is 1.32. The number of carbonyl (C=O) groups excluding carboxylic acids is 1. The molecular formula is C13H10N4O4. The van der Waals surface area contributed by atoms with Crippen molar-refractivity contribution >= 4 is 27.7 Å². The van der Waals surface area contributed by atoms with Gasteiger partial charge in [-0.2, -0.15) is 15.4 Å². The minimum atomic E-state index is -0.533. The predicted octanol–water partition coefficient (Wildman–Crippen LogP) is 0.127. The SMILES string of the molecule is CC(=O)COc1ccc2c(=O)c3n[nH]nc3c(=O)[nH]c2c1. The van der Waals surface area contributed by atoms with Crippen molar-refractivity contribution in [2.75, 3.05) is 6.61 Å². The fraction of sp³-hybridized carbons (Fsp3) is 0.154. The third kappa shape index (κ3) is 2.27. The maximum Gasteiger partial charge on any atom is 0.278 e. The number of H-pyrrole nitrogens is 2. The van der Waals surface area contributed by atoms with E-state index < -0.39 is 11.0 Å². The van der Waals surface area contributed by atoms with Crippen LogP contribution >= 0.6 is 0 Å². The molecular weight excluding hydrogens is 276 g/mol. The number of ketones is 1. The largest absolute Gasteiger partial charge is 0.486 e. The van der Waals surface area contributed by atoms with Gasteiger partial charge in [0, 0.05) is 11.5 Å². The molecule has 2 heterocycles. The summed E-state index contributed by atoms with van der Waals surface area (Å²) in [7, 11) is 0. The molecule has 0 saturated carbocycles. The number of aromatic amines is 2. The van der Waals surface area contributed by atoms with Gasteiger partial charge in [0.05, 0.1) is 5.52 Å². The predicted molar refractivity (Wildman–Crippen MR) is 74.5 cm³/mol. The van der Waals surface area contributed by atoms with Gasteiger partial charge >= 0.3 is 0 Å². The van der Waals surface area contributed by atoms with Crippen molar-refractivity contribution in [3.63, 3.8) is 0 Å². The lowest BCUT2D eigenvalue weighted by molar-refractivity contribution is -0.118. The lowest BCUT2D eigenvalue weighted by Crippen LogP contribution is -2.07. The molecule has 1 aromatic carbocycles. The Morgan fingerprint density at radius 3 is 2.76 bits per heavy atom. The Morgan fingerprint density at radius 2 is 2.00 bits per heavy atom. The third-order valence-corrected chi connectivity index (χ3v) is 2.90. The lowest BCUT2D eigenvalue weighted by Gasteiger charge is -2.03. The van der Waals surface area contributed by atoms with Crippen molar-refractivity contribution in [2.45, 2.75) is 6.92 Å². The molecule has 2 N–H and O–H groups in total. The molecule has 8 heteroatoms. The molecule has 0 fully saturated rings. The monoisotopic (exact) mass is 286 g/mol. The average Bonchev–Trinajstić information content (AvgIpc) is 2.90. The zero-order valence-electron chi connectivity index (χ0n) is 11.0. The topological polar surface area (TPSA) is 118 Å². The summed E-state index contributed by atoms with van der Waals surface area (Å²) in [6, 6.07) is 4.55. The summed E-state index contributed by atoms with van der Waals surface area (Å²) in [5, 5.41) is 9.92. The van der Waals surface area contributed by atoms with Gasteiger partial charge in [0.2, 0.25) is 5.43 Å². The number of rotatable bonds is 3. The summed E-state index contributed by atoms with van der Waals surface area (Å²) in [4.78, 5) is 37.8. The number of aromatic nitrogens is 4. The molecule has 3 rings (SSSR count). The first kappa shape index (κ1) is 13.0.